The zero-order chi connectivity index (χ0) is 11.7. The molecular weight excluding hydrogens is 188 g/mol. The fraction of sp³-hybridized carbons (Fsp3) is 0.778. The largest absolute Gasteiger partial charge is 0.481 e. The van der Waals surface area contributed by atoms with Gasteiger partial charge in [0.2, 0.25) is 0 Å². The minimum absolute atomic E-state index is 0.689. The van der Waals surface area contributed by atoms with Crippen LogP contribution in [0.2, 0.25) is 0 Å². The van der Waals surface area contributed by atoms with Crippen molar-refractivity contribution in [1.82, 2.24) is 0 Å². The summed E-state index contributed by atoms with van der Waals surface area (Å²) in [5.41, 5.74) is -3.99. The number of hydrogen-bond donors (Lipinski definition) is 3. The van der Waals surface area contributed by atoms with Gasteiger partial charge in [0, 0.05) is 0 Å². The van der Waals surface area contributed by atoms with E-state index in [1.165, 1.54) is 27.7 Å². The first kappa shape index (κ1) is 12.9. The molecule has 0 amide bonds. The molecule has 82 valence electrons. The molecule has 5 heteroatoms. The monoisotopic (exact) mass is 204 g/mol. The average molecular weight is 204 g/mol. The molecule has 0 saturated heterocycles. The highest BCUT2D eigenvalue weighted by molar-refractivity contribution is 5.88. The van der Waals surface area contributed by atoms with Crippen molar-refractivity contribution in [2.45, 2.75) is 33.3 Å². The van der Waals surface area contributed by atoms with E-state index in [0.717, 1.165) is 0 Å². The van der Waals surface area contributed by atoms with Gasteiger partial charge in [0.25, 0.3) is 0 Å². The van der Waals surface area contributed by atoms with Gasteiger partial charge in [-0.25, -0.2) is 4.79 Å². The van der Waals surface area contributed by atoms with Crippen molar-refractivity contribution in [3.8, 4) is 0 Å². The molecule has 0 aliphatic rings. The molecule has 0 aliphatic carbocycles. The molecule has 5 nitrogen and oxygen atoms in total. The molecule has 1 atom stereocenters. The maximum Gasteiger partial charge on any atom is 0.337 e. The Morgan fingerprint density at radius 3 is 1.50 bits per heavy atom. The van der Waals surface area contributed by atoms with E-state index >= 15 is 0 Å². The standard InChI is InChI=1S/C9H16O5/c1-5(2)9(14,7(12)13)8(3,4)6(10)11/h5,14H,1-4H3,(H,10,11)(H,12,13). The summed E-state index contributed by atoms with van der Waals surface area (Å²) in [6.07, 6.45) is 0. The summed E-state index contributed by atoms with van der Waals surface area (Å²) in [7, 11) is 0. The maximum absolute atomic E-state index is 10.9. The van der Waals surface area contributed by atoms with Gasteiger partial charge in [0.05, 0.1) is 0 Å². The highest BCUT2D eigenvalue weighted by Crippen LogP contribution is 2.37. The van der Waals surface area contributed by atoms with E-state index in [1.807, 2.05) is 0 Å². The Hall–Kier alpha value is -1.10. The van der Waals surface area contributed by atoms with Crippen LogP contribution in [-0.4, -0.2) is 32.9 Å². The predicted octanol–water partition coefficient (Wildman–Crippen LogP) is 0.569. The SMILES string of the molecule is CC(C)C(O)(C(=O)O)C(C)(C)C(=O)O. The van der Waals surface area contributed by atoms with Gasteiger partial charge in [-0.2, -0.15) is 0 Å². The zero-order valence-corrected chi connectivity index (χ0v) is 8.74. The van der Waals surface area contributed by atoms with Gasteiger partial charge < -0.3 is 15.3 Å². The van der Waals surface area contributed by atoms with Crippen LogP contribution < -0.4 is 0 Å². The summed E-state index contributed by atoms with van der Waals surface area (Å²) in [6, 6.07) is 0. The van der Waals surface area contributed by atoms with Crippen molar-refractivity contribution in [3.63, 3.8) is 0 Å². The third-order valence-electron chi connectivity index (χ3n) is 2.65. The molecule has 0 spiro atoms. The second-order valence-electron chi connectivity index (χ2n) is 4.16. The van der Waals surface area contributed by atoms with Crippen molar-refractivity contribution in [2.24, 2.45) is 11.3 Å². The molecule has 0 rings (SSSR count). The average Bonchev–Trinajstić information content (AvgIpc) is 2.01. The van der Waals surface area contributed by atoms with Gasteiger partial charge in [-0.3, -0.25) is 4.79 Å². The minimum Gasteiger partial charge on any atom is -0.481 e. The molecule has 3 N–H and O–H groups in total. The van der Waals surface area contributed by atoms with Crippen LogP contribution in [-0.2, 0) is 9.59 Å². The van der Waals surface area contributed by atoms with E-state index in [2.05, 4.69) is 0 Å². The fourth-order valence-corrected chi connectivity index (χ4v) is 1.40. The Labute approximate surface area is 82.4 Å². The number of carboxylic acids is 2. The maximum atomic E-state index is 10.9. The van der Waals surface area contributed by atoms with Crippen molar-refractivity contribution in [3.05, 3.63) is 0 Å². The lowest BCUT2D eigenvalue weighted by Gasteiger charge is -2.38. The Bertz CT molecular complexity index is 256. The molecule has 0 fully saturated rings. The topological polar surface area (TPSA) is 94.8 Å². The number of aliphatic carboxylic acids is 2. The molecule has 0 bridgehead atoms. The Balaban J connectivity index is 5.43. The van der Waals surface area contributed by atoms with Gasteiger partial charge in [-0.05, 0) is 19.8 Å². The second-order valence-corrected chi connectivity index (χ2v) is 4.16. The van der Waals surface area contributed by atoms with E-state index in [4.69, 9.17) is 10.2 Å². The molecular formula is C9H16O5. The molecule has 0 saturated carbocycles. The van der Waals surface area contributed by atoms with Crippen LogP contribution in [0.5, 0.6) is 0 Å². The first-order valence-electron chi connectivity index (χ1n) is 4.27. The first-order valence-corrected chi connectivity index (χ1v) is 4.27. The summed E-state index contributed by atoms with van der Waals surface area (Å²) < 4.78 is 0. The Morgan fingerprint density at radius 2 is 1.43 bits per heavy atom. The van der Waals surface area contributed by atoms with Crippen LogP contribution in [0.3, 0.4) is 0 Å². The van der Waals surface area contributed by atoms with Crippen LogP contribution in [0.15, 0.2) is 0 Å². The lowest BCUT2D eigenvalue weighted by atomic mass is 9.68. The predicted molar refractivity (Wildman–Crippen MR) is 48.8 cm³/mol. The van der Waals surface area contributed by atoms with Crippen molar-refractivity contribution < 1.29 is 24.9 Å². The Kier molecular flexibility index (Phi) is 3.29. The third-order valence-corrected chi connectivity index (χ3v) is 2.65. The van der Waals surface area contributed by atoms with Gasteiger partial charge in [0.1, 0.15) is 5.41 Å². The lowest BCUT2D eigenvalue weighted by molar-refractivity contribution is -0.192. The number of hydrogen-bond acceptors (Lipinski definition) is 3. The summed E-state index contributed by atoms with van der Waals surface area (Å²) in [5, 5.41) is 27.6. The fourth-order valence-electron chi connectivity index (χ4n) is 1.40. The van der Waals surface area contributed by atoms with Crippen LogP contribution in [0.1, 0.15) is 27.7 Å². The lowest BCUT2D eigenvalue weighted by Crippen LogP contribution is -2.58. The summed E-state index contributed by atoms with van der Waals surface area (Å²) in [5.74, 6) is -3.54. The van der Waals surface area contributed by atoms with Gasteiger partial charge in [-0.1, -0.05) is 13.8 Å². The molecule has 0 aliphatic heterocycles. The molecule has 0 aromatic carbocycles. The van der Waals surface area contributed by atoms with Crippen LogP contribution in [0.4, 0.5) is 0 Å². The van der Waals surface area contributed by atoms with Gasteiger partial charge in [-0.15, -0.1) is 0 Å². The van der Waals surface area contributed by atoms with E-state index in [-0.39, 0.29) is 0 Å². The van der Waals surface area contributed by atoms with Crippen molar-refractivity contribution in [1.29, 1.82) is 0 Å². The highest BCUT2D eigenvalue weighted by atomic mass is 16.4. The van der Waals surface area contributed by atoms with Gasteiger partial charge >= 0.3 is 11.9 Å². The highest BCUT2D eigenvalue weighted by Gasteiger charge is 2.56. The van der Waals surface area contributed by atoms with E-state index in [9.17, 15) is 14.7 Å². The minimum atomic E-state index is -2.27. The van der Waals surface area contributed by atoms with Crippen molar-refractivity contribution >= 4 is 11.9 Å². The van der Waals surface area contributed by atoms with Crippen molar-refractivity contribution in [2.75, 3.05) is 0 Å². The number of carboxylic acid groups (broad SMARTS) is 2. The normalized spacial score (nSPS) is 16.4. The molecule has 0 heterocycles. The van der Waals surface area contributed by atoms with E-state index < -0.39 is 28.9 Å². The van der Waals surface area contributed by atoms with Crippen LogP contribution in [0.25, 0.3) is 0 Å². The summed E-state index contributed by atoms with van der Waals surface area (Å²) in [6.45, 7) is 5.34. The second kappa shape index (κ2) is 3.57. The first-order chi connectivity index (χ1) is 6.08. The molecule has 14 heavy (non-hydrogen) atoms. The number of carbonyl (C=O) groups is 2. The Morgan fingerprint density at radius 1 is 1.07 bits per heavy atom. The molecule has 0 aromatic heterocycles. The summed E-state index contributed by atoms with van der Waals surface area (Å²) >= 11 is 0. The van der Waals surface area contributed by atoms with Crippen LogP contribution in [0, 0.1) is 11.3 Å². The van der Waals surface area contributed by atoms with Crippen LogP contribution >= 0.6 is 0 Å². The van der Waals surface area contributed by atoms with Gasteiger partial charge in [0.15, 0.2) is 5.60 Å². The zero-order valence-electron chi connectivity index (χ0n) is 8.74. The van der Waals surface area contributed by atoms with E-state index in [0.29, 0.717) is 0 Å². The summed E-state index contributed by atoms with van der Waals surface area (Å²) in [4.78, 5) is 21.8. The van der Waals surface area contributed by atoms with E-state index in [1.54, 1.807) is 0 Å². The quantitative estimate of drug-likeness (QED) is 0.622. The molecule has 0 aromatic rings. The third kappa shape index (κ3) is 1.59. The molecule has 1 unspecified atom stereocenters. The smallest absolute Gasteiger partial charge is 0.337 e. The number of rotatable bonds is 4. The number of aliphatic hydroxyl groups is 1. The molecule has 0 radical (unpaired) electrons.